The van der Waals surface area contributed by atoms with Crippen molar-refractivity contribution in [1.82, 2.24) is 4.57 Å². The van der Waals surface area contributed by atoms with E-state index in [1.807, 2.05) is 22.9 Å². The number of hydrogen-bond donors (Lipinski definition) is 0. The lowest BCUT2D eigenvalue weighted by Gasteiger charge is -2.09. The number of halogens is 1. The zero-order valence-corrected chi connectivity index (χ0v) is 12.4. The SMILES string of the molecule is CCOC(=O)/C=C/c1cccn1CCOc1cccc(F)c1. The summed E-state index contributed by atoms with van der Waals surface area (Å²) in [5, 5.41) is 0. The van der Waals surface area contributed by atoms with E-state index in [0.29, 0.717) is 25.5 Å². The van der Waals surface area contributed by atoms with Gasteiger partial charge in [0, 0.05) is 24.0 Å². The third kappa shape index (κ3) is 4.77. The molecule has 0 saturated carbocycles. The van der Waals surface area contributed by atoms with Crippen molar-refractivity contribution in [1.29, 1.82) is 0 Å². The van der Waals surface area contributed by atoms with Gasteiger partial charge in [-0.1, -0.05) is 6.07 Å². The van der Waals surface area contributed by atoms with Crippen LogP contribution in [0.3, 0.4) is 0 Å². The van der Waals surface area contributed by atoms with E-state index in [9.17, 15) is 9.18 Å². The Labute approximate surface area is 128 Å². The summed E-state index contributed by atoms with van der Waals surface area (Å²) in [7, 11) is 0. The van der Waals surface area contributed by atoms with Gasteiger partial charge >= 0.3 is 5.97 Å². The molecule has 0 saturated heterocycles. The Morgan fingerprint density at radius 3 is 2.95 bits per heavy atom. The maximum absolute atomic E-state index is 13.0. The van der Waals surface area contributed by atoms with Gasteiger partial charge in [-0.05, 0) is 37.3 Å². The van der Waals surface area contributed by atoms with Crippen LogP contribution in [0.15, 0.2) is 48.7 Å². The first-order chi connectivity index (χ1) is 10.7. The van der Waals surface area contributed by atoms with Crippen LogP contribution >= 0.6 is 0 Å². The molecule has 0 radical (unpaired) electrons. The second-order valence-corrected chi connectivity index (χ2v) is 4.52. The summed E-state index contributed by atoms with van der Waals surface area (Å²) < 4.78 is 25.3. The Balaban J connectivity index is 1.88. The summed E-state index contributed by atoms with van der Waals surface area (Å²) in [6, 6.07) is 9.80. The maximum atomic E-state index is 13.0. The molecule has 22 heavy (non-hydrogen) atoms. The highest BCUT2D eigenvalue weighted by atomic mass is 19.1. The van der Waals surface area contributed by atoms with E-state index < -0.39 is 0 Å². The quantitative estimate of drug-likeness (QED) is 0.582. The lowest BCUT2D eigenvalue weighted by molar-refractivity contribution is -0.137. The summed E-state index contributed by atoms with van der Waals surface area (Å²) in [5.41, 5.74) is 0.871. The standard InChI is InChI=1S/C17H18FNO3/c1-2-21-17(20)9-8-15-6-4-10-19(15)11-12-22-16-7-3-5-14(18)13-16/h3-10,13H,2,11-12H2,1H3/b9-8+. The Bertz CT molecular complexity index is 649. The van der Waals surface area contributed by atoms with Crippen molar-refractivity contribution in [3.05, 3.63) is 60.2 Å². The second kappa shape index (κ2) is 8.02. The van der Waals surface area contributed by atoms with Gasteiger partial charge in [-0.15, -0.1) is 0 Å². The number of esters is 1. The van der Waals surface area contributed by atoms with Crippen LogP contribution in [0.5, 0.6) is 5.75 Å². The van der Waals surface area contributed by atoms with E-state index in [2.05, 4.69) is 0 Å². The number of hydrogen-bond acceptors (Lipinski definition) is 3. The number of carbonyl (C=O) groups excluding carboxylic acids is 1. The van der Waals surface area contributed by atoms with Gasteiger partial charge in [0.25, 0.3) is 0 Å². The molecule has 5 heteroatoms. The molecule has 1 heterocycles. The van der Waals surface area contributed by atoms with Crippen LogP contribution in [0.25, 0.3) is 6.08 Å². The summed E-state index contributed by atoms with van der Waals surface area (Å²) >= 11 is 0. The normalized spacial score (nSPS) is 10.8. The fourth-order valence-corrected chi connectivity index (χ4v) is 1.94. The highest BCUT2D eigenvalue weighted by Crippen LogP contribution is 2.12. The smallest absolute Gasteiger partial charge is 0.330 e. The molecular weight excluding hydrogens is 285 g/mol. The first-order valence-corrected chi connectivity index (χ1v) is 7.07. The Morgan fingerprint density at radius 1 is 1.32 bits per heavy atom. The zero-order valence-electron chi connectivity index (χ0n) is 12.4. The summed E-state index contributed by atoms with van der Waals surface area (Å²) in [5.74, 6) is -0.196. The van der Waals surface area contributed by atoms with E-state index >= 15 is 0 Å². The summed E-state index contributed by atoms with van der Waals surface area (Å²) in [6.07, 6.45) is 4.97. The fourth-order valence-electron chi connectivity index (χ4n) is 1.94. The third-order valence-electron chi connectivity index (χ3n) is 2.94. The molecule has 0 amide bonds. The van der Waals surface area contributed by atoms with Crippen molar-refractivity contribution < 1.29 is 18.7 Å². The number of nitrogens with zero attached hydrogens (tertiary/aromatic N) is 1. The highest BCUT2D eigenvalue weighted by Gasteiger charge is 2.01. The fraction of sp³-hybridized carbons (Fsp3) is 0.235. The van der Waals surface area contributed by atoms with Crippen LogP contribution in [0.1, 0.15) is 12.6 Å². The zero-order chi connectivity index (χ0) is 15.8. The molecule has 0 spiro atoms. The molecule has 116 valence electrons. The molecule has 0 atom stereocenters. The number of ether oxygens (including phenoxy) is 2. The molecule has 2 rings (SSSR count). The van der Waals surface area contributed by atoms with Gasteiger partial charge in [0.05, 0.1) is 13.2 Å². The molecule has 1 aromatic heterocycles. The van der Waals surface area contributed by atoms with E-state index in [4.69, 9.17) is 9.47 Å². The van der Waals surface area contributed by atoms with Crippen LogP contribution in [0, 0.1) is 5.82 Å². The summed E-state index contributed by atoms with van der Waals surface area (Å²) in [4.78, 5) is 11.3. The number of aromatic nitrogens is 1. The van der Waals surface area contributed by atoms with Crippen molar-refractivity contribution in [3.8, 4) is 5.75 Å². The molecule has 0 fully saturated rings. The molecule has 0 N–H and O–H groups in total. The molecule has 0 aliphatic carbocycles. The Morgan fingerprint density at radius 2 is 2.18 bits per heavy atom. The summed E-state index contributed by atoms with van der Waals surface area (Å²) in [6.45, 7) is 3.11. The lowest BCUT2D eigenvalue weighted by Crippen LogP contribution is -2.08. The van der Waals surface area contributed by atoms with Crippen molar-refractivity contribution in [3.63, 3.8) is 0 Å². The molecule has 0 bridgehead atoms. The van der Waals surface area contributed by atoms with Crippen LogP contribution < -0.4 is 4.74 Å². The largest absolute Gasteiger partial charge is 0.492 e. The van der Waals surface area contributed by atoms with Crippen LogP contribution in [0.4, 0.5) is 4.39 Å². The Kier molecular flexibility index (Phi) is 5.77. The molecular formula is C17H18FNO3. The highest BCUT2D eigenvalue weighted by molar-refractivity contribution is 5.86. The topological polar surface area (TPSA) is 40.5 Å². The van der Waals surface area contributed by atoms with Gasteiger partial charge in [0.15, 0.2) is 0 Å². The van der Waals surface area contributed by atoms with Gasteiger partial charge < -0.3 is 14.0 Å². The lowest BCUT2D eigenvalue weighted by atomic mass is 10.3. The van der Waals surface area contributed by atoms with Crippen molar-refractivity contribution in [2.75, 3.05) is 13.2 Å². The Hall–Kier alpha value is -2.56. The van der Waals surface area contributed by atoms with Gasteiger partial charge in [-0.2, -0.15) is 0 Å². The van der Waals surface area contributed by atoms with Crippen LogP contribution in [0.2, 0.25) is 0 Å². The number of carbonyl (C=O) groups is 1. The van der Waals surface area contributed by atoms with Gasteiger partial charge in [-0.25, -0.2) is 9.18 Å². The minimum absolute atomic E-state index is 0.323. The predicted octanol–water partition coefficient (Wildman–Crippen LogP) is 3.28. The average molecular weight is 303 g/mol. The predicted molar refractivity (Wildman–Crippen MR) is 82.0 cm³/mol. The van der Waals surface area contributed by atoms with Crippen LogP contribution in [-0.4, -0.2) is 23.8 Å². The first-order valence-electron chi connectivity index (χ1n) is 7.07. The van der Waals surface area contributed by atoms with Gasteiger partial charge in [0.2, 0.25) is 0 Å². The van der Waals surface area contributed by atoms with E-state index in [1.54, 1.807) is 25.1 Å². The minimum Gasteiger partial charge on any atom is -0.492 e. The van der Waals surface area contributed by atoms with Crippen LogP contribution in [-0.2, 0) is 16.1 Å². The third-order valence-corrected chi connectivity index (χ3v) is 2.94. The molecule has 2 aromatic rings. The first kappa shape index (κ1) is 15.8. The van der Waals surface area contributed by atoms with E-state index in [-0.39, 0.29) is 11.8 Å². The average Bonchev–Trinajstić information content (AvgIpc) is 2.93. The molecule has 0 aliphatic heterocycles. The van der Waals surface area contributed by atoms with E-state index in [0.717, 1.165) is 5.69 Å². The molecule has 4 nitrogen and oxygen atoms in total. The minimum atomic E-state index is -0.369. The molecule has 1 aromatic carbocycles. The van der Waals surface area contributed by atoms with Crippen molar-refractivity contribution in [2.45, 2.75) is 13.5 Å². The number of rotatable bonds is 7. The van der Waals surface area contributed by atoms with E-state index in [1.165, 1.54) is 18.2 Å². The monoisotopic (exact) mass is 303 g/mol. The molecule has 0 unspecified atom stereocenters. The van der Waals surface area contributed by atoms with Gasteiger partial charge in [0.1, 0.15) is 18.2 Å². The second-order valence-electron chi connectivity index (χ2n) is 4.52. The maximum Gasteiger partial charge on any atom is 0.330 e. The number of benzene rings is 1. The molecule has 0 aliphatic rings. The van der Waals surface area contributed by atoms with Gasteiger partial charge in [-0.3, -0.25) is 0 Å². The van der Waals surface area contributed by atoms with Crippen molar-refractivity contribution >= 4 is 12.0 Å². The van der Waals surface area contributed by atoms with Crippen molar-refractivity contribution in [2.24, 2.45) is 0 Å².